The van der Waals surface area contributed by atoms with Crippen molar-refractivity contribution in [3.05, 3.63) is 46.8 Å². The lowest BCUT2D eigenvalue weighted by Crippen LogP contribution is -2.12. The molecule has 2 aromatic rings. The third kappa shape index (κ3) is 3.33. The van der Waals surface area contributed by atoms with Crippen LogP contribution in [0.4, 0.5) is 10.7 Å². The molecule has 0 bridgehead atoms. The predicted molar refractivity (Wildman–Crippen MR) is 76.8 cm³/mol. The lowest BCUT2D eigenvalue weighted by Gasteiger charge is -2.05. The highest BCUT2D eigenvalue weighted by Crippen LogP contribution is 2.22. The Morgan fingerprint density at radius 3 is 2.89 bits per heavy atom. The van der Waals surface area contributed by atoms with Gasteiger partial charge in [-0.15, -0.1) is 11.3 Å². The summed E-state index contributed by atoms with van der Waals surface area (Å²) in [6, 6.07) is 11.2. The number of nitrogens with zero attached hydrogens (tertiary/aromatic N) is 1. The highest BCUT2D eigenvalue weighted by molar-refractivity contribution is 7.14. The summed E-state index contributed by atoms with van der Waals surface area (Å²) in [7, 11) is 0. The number of hydrogen-bond donors (Lipinski definition) is 2. The lowest BCUT2D eigenvalue weighted by atomic mass is 10.1. The molecule has 0 fully saturated rings. The maximum atomic E-state index is 11.8. The monoisotopic (exact) mass is 271 g/mol. The third-order valence-electron chi connectivity index (χ3n) is 2.72. The zero-order valence-corrected chi connectivity index (χ0v) is 11.0. The summed E-state index contributed by atoms with van der Waals surface area (Å²) in [6.07, 6.45) is 0.933. The Labute approximate surface area is 115 Å². The highest BCUT2D eigenvalue weighted by atomic mass is 32.1. The molecule has 0 unspecified atom stereocenters. The van der Waals surface area contributed by atoms with Gasteiger partial charge in [0.2, 0.25) is 5.91 Å². The summed E-state index contributed by atoms with van der Waals surface area (Å²) in [4.78, 5) is 11.8. The molecule has 0 aliphatic carbocycles. The van der Waals surface area contributed by atoms with E-state index in [0.717, 1.165) is 5.56 Å². The molecular formula is C14H13N3OS. The Hall–Kier alpha value is -2.32. The van der Waals surface area contributed by atoms with Crippen molar-refractivity contribution in [1.82, 2.24) is 0 Å². The number of hydrogen-bond acceptors (Lipinski definition) is 4. The van der Waals surface area contributed by atoms with Crippen molar-refractivity contribution >= 4 is 27.9 Å². The Balaban J connectivity index is 1.93. The first-order valence-corrected chi connectivity index (χ1v) is 6.69. The Morgan fingerprint density at radius 1 is 1.37 bits per heavy atom. The second-order valence-corrected chi connectivity index (χ2v) is 4.94. The Bertz CT molecular complexity index is 628. The standard InChI is InChI=1S/C14H13N3OS/c15-9-11-7-8-19-14(11)17-13(18)6-5-10-3-1-2-4-12(10)16/h1-4,7-8H,5-6,16H2,(H,17,18). The van der Waals surface area contributed by atoms with Gasteiger partial charge in [-0.05, 0) is 29.5 Å². The van der Waals surface area contributed by atoms with Crippen LogP contribution in [0.1, 0.15) is 17.5 Å². The number of para-hydroxylation sites is 1. The number of anilines is 2. The average molecular weight is 271 g/mol. The molecule has 1 amide bonds. The second kappa shape index (κ2) is 6.03. The molecule has 0 aliphatic heterocycles. The second-order valence-electron chi connectivity index (χ2n) is 4.02. The molecule has 0 saturated carbocycles. The van der Waals surface area contributed by atoms with E-state index in [2.05, 4.69) is 5.32 Å². The van der Waals surface area contributed by atoms with Crippen molar-refractivity contribution in [2.75, 3.05) is 11.1 Å². The van der Waals surface area contributed by atoms with Crippen molar-refractivity contribution in [2.24, 2.45) is 0 Å². The van der Waals surface area contributed by atoms with Crippen molar-refractivity contribution in [2.45, 2.75) is 12.8 Å². The molecule has 0 atom stereocenters. The summed E-state index contributed by atoms with van der Waals surface area (Å²) in [6.45, 7) is 0. The number of carbonyl (C=O) groups excluding carboxylic acids is 1. The molecular weight excluding hydrogens is 258 g/mol. The van der Waals surface area contributed by atoms with Crippen molar-refractivity contribution in [3.8, 4) is 6.07 Å². The van der Waals surface area contributed by atoms with Crippen LogP contribution in [0, 0.1) is 11.3 Å². The van der Waals surface area contributed by atoms with Crippen molar-refractivity contribution in [3.63, 3.8) is 0 Å². The summed E-state index contributed by atoms with van der Waals surface area (Å²) < 4.78 is 0. The van der Waals surface area contributed by atoms with Gasteiger partial charge in [-0.25, -0.2) is 0 Å². The van der Waals surface area contributed by atoms with E-state index < -0.39 is 0 Å². The number of nitrogens with one attached hydrogen (secondary N) is 1. The minimum absolute atomic E-state index is 0.109. The van der Waals surface area contributed by atoms with Crippen LogP contribution in [0.25, 0.3) is 0 Å². The first-order valence-electron chi connectivity index (χ1n) is 5.81. The predicted octanol–water partition coefficient (Wildman–Crippen LogP) is 2.77. The van der Waals surface area contributed by atoms with Gasteiger partial charge in [0.05, 0.1) is 5.56 Å². The van der Waals surface area contributed by atoms with E-state index in [0.29, 0.717) is 29.1 Å². The van der Waals surface area contributed by atoms with Crippen molar-refractivity contribution in [1.29, 1.82) is 5.26 Å². The summed E-state index contributed by atoms with van der Waals surface area (Å²) in [5, 5.41) is 14.0. The summed E-state index contributed by atoms with van der Waals surface area (Å²) in [5.41, 5.74) is 7.97. The summed E-state index contributed by atoms with van der Waals surface area (Å²) >= 11 is 1.35. The summed E-state index contributed by atoms with van der Waals surface area (Å²) in [5.74, 6) is -0.109. The molecule has 96 valence electrons. The SMILES string of the molecule is N#Cc1ccsc1NC(=O)CCc1ccccc1N. The van der Waals surface area contributed by atoms with Gasteiger partial charge in [-0.1, -0.05) is 18.2 Å². The number of thiophene rings is 1. The topological polar surface area (TPSA) is 78.9 Å². The first-order chi connectivity index (χ1) is 9.20. The fourth-order valence-corrected chi connectivity index (χ4v) is 2.45. The Morgan fingerprint density at radius 2 is 2.16 bits per heavy atom. The van der Waals surface area contributed by atoms with Crippen LogP contribution in [-0.4, -0.2) is 5.91 Å². The van der Waals surface area contributed by atoms with Gasteiger partial charge in [0.1, 0.15) is 11.1 Å². The van der Waals surface area contributed by atoms with E-state index >= 15 is 0 Å². The van der Waals surface area contributed by atoms with Crippen LogP contribution in [0.3, 0.4) is 0 Å². The van der Waals surface area contributed by atoms with Crippen LogP contribution < -0.4 is 11.1 Å². The largest absolute Gasteiger partial charge is 0.399 e. The molecule has 19 heavy (non-hydrogen) atoms. The minimum Gasteiger partial charge on any atom is -0.399 e. The molecule has 0 radical (unpaired) electrons. The van der Waals surface area contributed by atoms with Gasteiger partial charge in [0, 0.05) is 12.1 Å². The molecule has 3 N–H and O–H groups in total. The van der Waals surface area contributed by atoms with Crippen LogP contribution >= 0.6 is 11.3 Å². The molecule has 0 spiro atoms. The number of nitrogens with two attached hydrogens (primary N) is 1. The molecule has 1 heterocycles. The maximum absolute atomic E-state index is 11.8. The van der Waals surface area contributed by atoms with E-state index in [9.17, 15) is 4.79 Å². The van der Waals surface area contributed by atoms with Crippen molar-refractivity contribution < 1.29 is 4.79 Å². The normalized spacial score (nSPS) is 9.84. The lowest BCUT2D eigenvalue weighted by molar-refractivity contribution is -0.116. The molecule has 0 saturated heterocycles. The van der Waals surface area contributed by atoms with Gasteiger partial charge < -0.3 is 11.1 Å². The van der Waals surface area contributed by atoms with Crippen LogP contribution in [0.2, 0.25) is 0 Å². The molecule has 1 aromatic carbocycles. The number of aryl methyl sites for hydroxylation is 1. The number of nitriles is 1. The number of amides is 1. The van der Waals surface area contributed by atoms with Crippen LogP contribution in [0.5, 0.6) is 0 Å². The zero-order valence-electron chi connectivity index (χ0n) is 10.2. The third-order valence-corrected chi connectivity index (χ3v) is 3.54. The van der Waals surface area contributed by atoms with Gasteiger partial charge in [0.25, 0.3) is 0 Å². The number of benzene rings is 1. The van der Waals surface area contributed by atoms with Crippen LogP contribution in [0.15, 0.2) is 35.7 Å². The quantitative estimate of drug-likeness (QED) is 0.839. The van der Waals surface area contributed by atoms with Gasteiger partial charge in [-0.3, -0.25) is 4.79 Å². The van der Waals surface area contributed by atoms with Gasteiger partial charge in [-0.2, -0.15) is 5.26 Å². The van der Waals surface area contributed by atoms with Crippen LogP contribution in [-0.2, 0) is 11.2 Å². The van der Waals surface area contributed by atoms with E-state index in [-0.39, 0.29) is 5.91 Å². The molecule has 2 rings (SSSR count). The number of carbonyl (C=O) groups is 1. The van der Waals surface area contributed by atoms with E-state index in [1.807, 2.05) is 30.3 Å². The number of rotatable bonds is 4. The molecule has 5 heteroatoms. The smallest absolute Gasteiger partial charge is 0.225 e. The fraction of sp³-hybridized carbons (Fsp3) is 0.143. The Kier molecular flexibility index (Phi) is 4.16. The molecule has 4 nitrogen and oxygen atoms in total. The number of nitrogen functional groups attached to an aromatic ring is 1. The highest BCUT2D eigenvalue weighted by Gasteiger charge is 2.09. The minimum atomic E-state index is -0.109. The average Bonchev–Trinajstić information content (AvgIpc) is 2.85. The van der Waals surface area contributed by atoms with E-state index in [4.69, 9.17) is 11.0 Å². The fourth-order valence-electron chi connectivity index (χ4n) is 1.69. The molecule has 1 aromatic heterocycles. The molecule has 0 aliphatic rings. The maximum Gasteiger partial charge on any atom is 0.225 e. The first kappa shape index (κ1) is 13.1. The van der Waals surface area contributed by atoms with Gasteiger partial charge in [0.15, 0.2) is 0 Å². The van der Waals surface area contributed by atoms with E-state index in [1.54, 1.807) is 11.4 Å². The van der Waals surface area contributed by atoms with Gasteiger partial charge >= 0.3 is 0 Å². The van der Waals surface area contributed by atoms with E-state index in [1.165, 1.54) is 11.3 Å². The zero-order chi connectivity index (χ0) is 13.7.